The second kappa shape index (κ2) is 4.28. The Kier molecular flexibility index (Phi) is 2.99. The third-order valence-corrected chi connectivity index (χ3v) is 3.78. The SMILES string of the molecule is CN=C(C)C(C)=C(C)NC1C2=CC=CC1C2. The molecule has 0 aliphatic heterocycles. The highest BCUT2D eigenvalue weighted by atomic mass is 15.0. The average molecular weight is 216 g/mol. The van der Waals surface area contributed by atoms with E-state index in [1.165, 1.54) is 23.3 Å². The van der Waals surface area contributed by atoms with Gasteiger partial charge in [0.05, 0.1) is 6.04 Å². The molecule has 2 nitrogen and oxygen atoms in total. The van der Waals surface area contributed by atoms with Crippen LogP contribution in [0.5, 0.6) is 0 Å². The van der Waals surface area contributed by atoms with Gasteiger partial charge in [0.15, 0.2) is 0 Å². The van der Waals surface area contributed by atoms with Crippen LogP contribution in [0.25, 0.3) is 0 Å². The van der Waals surface area contributed by atoms with Crippen LogP contribution in [-0.4, -0.2) is 18.8 Å². The second-order valence-corrected chi connectivity index (χ2v) is 4.68. The van der Waals surface area contributed by atoms with Crippen LogP contribution in [0.2, 0.25) is 0 Å². The first kappa shape index (κ1) is 11.2. The molecule has 2 heteroatoms. The van der Waals surface area contributed by atoms with Crippen molar-refractivity contribution in [3.63, 3.8) is 0 Å². The van der Waals surface area contributed by atoms with Crippen molar-refractivity contribution in [2.24, 2.45) is 10.9 Å². The first-order valence-corrected chi connectivity index (χ1v) is 5.88. The van der Waals surface area contributed by atoms with E-state index in [0.717, 1.165) is 5.71 Å². The van der Waals surface area contributed by atoms with E-state index in [2.05, 4.69) is 49.3 Å². The number of hydrogen-bond acceptors (Lipinski definition) is 2. The average Bonchev–Trinajstić information content (AvgIpc) is 2.34. The molecule has 2 unspecified atom stereocenters. The molecule has 0 aromatic rings. The van der Waals surface area contributed by atoms with Gasteiger partial charge in [-0.1, -0.05) is 18.2 Å². The lowest BCUT2D eigenvalue weighted by molar-refractivity contribution is 0.375. The number of hydrogen-bond donors (Lipinski definition) is 1. The quantitative estimate of drug-likeness (QED) is 0.721. The molecule has 16 heavy (non-hydrogen) atoms. The van der Waals surface area contributed by atoms with Gasteiger partial charge in [-0.15, -0.1) is 0 Å². The van der Waals surface area contributed by atoms with Crippen LogP contribution in [0.3, 0.4) is 0 Å². The van der Waals surface area contributed by atoms with Crippen molar-refractivity contribution < 1.29 is 0 Å². The molecule has 0 aromatic carbocycles. The lowest BCUT2D eigenvalue weighted by atomic mass is 9.71. The van der Waals surface area contributed by atoms with Crippen LogP contribution in [0.4, 0.5) is 0 Å². The van der Waals surface area contributed by atoms with Gasteiger partial charge in [0, 0.05) is 24.4 Å². The van der Waals surface area contributed by atoms with Crippen LogP contribution >= 0.6 is 0 Å². The molecule has 0 spiro atoms. The molecule has 0 saturated heterocycles. The smallest absolute Gasteiger partial charge is 0.0539 e. The Balaban J connectivity index is 2.07. The van der Waals surface area contributed by atoms with Crippen LogP contribution in [-0.2, 0) is 0 Å². The molecule has 0 heterocycles. The Labute approximate surface area is 97.8 Å². The minimum Gasteiger partial charge on any atom is -0.381 e. The predicted molar refractivity (Wildman–Crippen MR) is 69.7 cm³/mol. The number of aliphatic imine (C=N–C) groups is 1. The summed E-state index contributed by atoms with van der Waals surface area (Å²) in [6, 6.07) is 0.532. The summed E-state index contributed by atoms with van der Waals surface area (Å²) >= 11 is 0. The highest BCUT2D eigenvalue weighted by Gasteiger charge is 2.35. The number of nitrogens with one attached hydrogen (secondary N) is 1. The van der Waals surface area contributed by atoms with Crippen molar-refractivity contribution in [1.29, 1.82) is 0 Å². The number of allylic oxidation sites excluding steroid dienone is 4. The van der Waals surface area contributed by atoms with Gasteiger partial charge < -0.3 is 5.32 Å². The number of fused-ring (bicyclic) bond motifs is 1. The standard InChI is InChI=1S/C14H20N2/c1-9(10(2)15-4)11(3)16-14-12-6-5-7-13(14)8-12/h5-7,12,14,16H,8H2,1-4H3. The molecular formula is C14H20N2. The summed E-state index contributed by atoms with van der Waals surface area (Å²) in [6.45, 7) is 6.33. The van der Waals surface area contributed by atoms with Crippen molar-refractivity contribution in [1.82, 2.24) is 5.32 Å². The molecule has 86 valence electrons. The molecular weight excluding hydrogens is 196 g/mol. The highest BCUT2D eigenvalue weighted by Crippen LogP contribution is 2.38. The van der Waals surface area contributed by atoms with Crippen molar-refractivity contribution in [2.75, 3.05) is 7.05 Å². The van der Waals surface area contributed by atoms with Crippen LogP contribution in [0.1, 0.15) is 27.2 Å². The molecule has 1 N–H and O–H groups in total. The minimum atomic E-state index is 0.532. The summed E-state index contributed by atoms with van der Waals surface area (Å²) in [5, 5.41) is 3.61. The van der Waals surface area contributed by atoms with Crippen molar-refractivity contribution in [3.8, 4) is 0 Å². The summed E-state index contributed by atoms with van der Waals surface area (Å²) in [4.78, 5) is 4.22. The minimum absolute atomic E-state index is 0.532. The molecule has 0 radical (unpaired) electrons. The van der Waals surface area contributed by atoms with E-state index >= 15 is 0 Å². The third-order valence-electron chi connectivity index (χ3n) is 3.78. The lowest BCUT2D eigenvalue weighted by Gasteiger charge is -2.41. The monoisotopic (exact) mass is 216 g/mol. The molecule has 0 amide bonds. The molecule has 1 saturated carbocycles. The van der Waals surface area contributed by atoms with Crippen LogP contribution in [0, 0.1) is 5.92 Å². The molecule has 3 aliphatic carbocycles. The van der Waals surface area contributed by atoms with E-state index < -0.39 is 0 Å². The molecule has 0 aromatic heterocycles. The van der Waals surface area contributed by atoms with E-state index in [9.17, 15) is 0 Å². The van der Waals surface area contributed by atoms with E-state index in [-0.39, 0.29) is 0 Å². The lowest BCUT2D eigenvalue weighted by Crippen LogP contribution is -2.46. The Morgan fingerprint density at radius 1 is 1.38 bits per heavy atom. The van der Waals surface area contributed by atoms with Crippen LogP contribution in [0.15, 0.2) is 40.1 Å². The van der Waals surface area contributed by atoms with Crippen molar-refractivity contribution in [2.45, 2.75) is 33.2 Å². The first-order valence-electron chi connectivity index (χ1n) is 5.88. The fourth-order valence-electron chi connectivity index (χ4n) is 2.28. The third kappa shape index (κ3) is 1.84. The van der Waals surface area contributed by atoms with E-state index in [1.54, 1.807) is 0 Å². The molecule has 2 atom stereocenters. The first-order chi connectivity index (χ1) is 7.63. The van der Waals surface area contributed by atoms with Crippen LogP contribution < -0.4 is 5.32 Å². The normalized spacial score (nSPS) is 29.2. The summed E-state index contributed by atoms with van der Waals surface area (Å²) < 4.78 is 0. The fourth-order valence-corrected chi connectivity index (χ4v) is 2.28. The maximum Gasteiger partial charge on any atom is 0.0539 e. The Morgan fingerprint density at radius 3 is 2.62 bits per heavy atom. The van der Waals surface area contributed by atoms with E-state index in [1.807, 2.05) is 7.05 Å². The van der Waals surface area contributed by atoms with Gasteiger partial charge in [0.25, 0.3) is 0 Å². The largest absolute Gasteiger partial charge is 0.381 e. The van der Waals surface area contributed by atoms with Crippen molar-refractivity contribution >= 4 is 5.71 Å². The zero-order valence-electron chi connectivity index (χ0n) is 10.5. The van der Waals surface area contributed by atoms with Gasteiger partial charge in [-0.05, 0) is 38.3 Å². The summed E-state index contributed by atoms with van der Waals surface area (Å²) in [6.07, 6.45) is 7.95. The van der Waals surface area contributed by atoms with Gasteiger partial charge in [0.1, 0.15) is 0 Å². The van der Waals surface area contributed by atoms with Crippen molar-refractivity contribution in [3.05, 3.63) is 35.1 Å². The number of nitrogens with zero attached hydrogens (tertiary/aromatic N) is 1. The fraction of sp³-hybridized carbons (Fsp3) is 0.500. The van der Waals surface area contributed by atoms with Gasteiger partial charge in [0.2, 0.25) is 0 Å². The topological polar surface area (TPSA) is 24.4 Å². The summed E-state index contributed by atoms with van der Waals surface area (Å²) in [5.41, 5.74) is 5.15. The van der Waals surface area contributed by atoms with Gasteiger partial charge in [-0.25, -0.2) is 0 Å². The zero-order chi connectivity index (χ0) is 11.7. The maximum absolute atomic E-state index is 4.22. The highest BCUT2D eigenvalue weighted by molar-refractivity contribution is 5.98. The second-order valence-electron chi connectivity index (χ2n) is 4.68. The summed E-state index contributed by atoms with van der Waals surface area (Å²) in [5.74, 6) is 0.696. The molecule has 2 bridgehead atoms. The Hall–Kier alpha value is -1.31. The van der Waals surface area contributed by atoms with E-state index in [4.69, 9.17) is 0 Å². The summed E-state index contributed by atoms with van der Waals surface area (Å²) in [7, 11) is 1.84. The van der Waals surface area contributed by atoms with Gasteiger partial charge in [-0.3, -0.25) is 4.99 Å². The van der Waals surface area contributed by atoms with E-state index in [0.29, 0.717) is 12.0 Å². The predicted octanol–water partition coefficient (Wildman–Crippen LogP) is 2.85. The Morgan fingerprint density at radius 2 is 2.12 bits per heavy atom. The van der Waals surface area contributed by atoms with Gasteiger partial charge in [-0.2, -0.15) is 0 Å². The molecule has 3 aliphatic rings. The molecule has 1 fully saturated rings. The van der Waals surface area contributed by atoms with Gasteiger partial charge >= 0.3 is 0 Å². The Bertz CT molecular complexity index is 410. The number of rotatable bonds is 3. The zero-order valence-corrected chi connectivity index (χ0v) is 10.5. The maximum atomic E-state index is 4.22. The molecule has 3 rings (SSSR count).